The predicted octanol–water partition coefficient (Wildman–Crippen LogP) is 1.33. The van der Waals surface area contributed by atoms with Gasteiger partial charge >= 0.3 is 0 Å². The van der Waals surface area contributed by atoms with E-state index in [4.69, 9.17) is 0 Å². The van der Waals surface area contributed by atoms with Crippen LogP contribution in [-0.4, -0.2) is 55.9 Å². The van der Waals surface area contributed by atoms with Crippen LogP contribution in [0.15, 0.2) is 0 Å². The van der Waals surface area contributed by atoms with E-state index in [1.165, 1.54) is 6.42 Å². The van der Waals surface area contributed by atoms with E-state index in [-0.39, 0.29) is 28.4 Å². The average Bonchev–Trinajstić information content (AvgIpc) is 3.00. The van der Waals surface area contributed by atoms with Gasteiger partial charge in [0.1, 0.15) is 0 Å². The summed E-state index contributed by atoms with van der Waals surface area (Å²) in [7, 11) is -3.01. The zero-order chi connectivity index (χ0) is 16.1. The highest BCUT2D eigenvalue weighted by Crippen LogP contribution is 2.46. The van der Waals surface area contributed by atoms with Crippen molar-refractivity contribution >= 4 is 15.7 Å². The first-order valence-electron chi connectivity index (χ1n) is 9.28. The van der Waals surface area contributed by atoms with Crippen molar-refractivity contribution in [3.63, 3.8) is 0 Å². The molecule has 0 aromatic rings. The number of hydrogen-bond donors (Lipinski definition) is 1. The molecule has 0 spiro atoms. The van der Waals surface area contributed by atoms with Crippen LogP contribution in [0.4, 0.5) is 0 Å². The van der Waals surface area contributed by atoms with Crippen LogP contribution >= 0.6 is 0 Å². The van der Waals surface area contributed by atoms with Crippen molar-refractivity contribution in [2.45, 2.75) is 62.7 Å². The molecule has 4 atom stereocenters. The van der Waals surface area contributed by atoms with Crippen molar-refractivity contribution in [3.8, 4) is 0 Å². The van der Waals surface area contributed by atoms with E-state index < -0.39 is 9.84 Å². The molecule has 2 saturated carbocycles. The normalized spacial score (nSPS) is 42.8. The molecule has 4 fully saturated rings. The SMILES string of the molecule is O=C(N1CCS(=O)(=O)C2CCCCC21)[C@@]12CCCC[C@H]1CNC2. The smallest absolute Gasteiger partial charge is 0.230 e. The van der Waals surface area contributed by atoms with E-state index in [0.29, 0.717) is 12.5 Å². The Labute approximate surface area is 139 Å². The molecule has 4 rings (SSSR count). The number of amides is 1. The minimum atomic E-state index is -3.01. The first-order valence-corrected chi connectivity index (χ1v) is 11.0. The predicted molar refractivity (Wildman–Crippen MR) is 88.8 cm³/mol. The summed E-state index contributed by atoms with van der Waals surface area (Å²) in [5, 5.41) is 3.14. The van der Waals surface area contributed by atoms with E-state index in [0.717, 1.165) is 58.0 Å². The van der Waals surface area contributed by atoms with Crippen LogP contribution in [0.5, 0.6) is 0 Å². The molecular weight excluding hydrogens is 312 g/mol. The number of rotatable bonds is 1. The van der Waals surface area contributed by atoms with Gasteiger partial charge in [-0.2, -0.15) is 0 Å². The number of nitrogens with zero attached hydrogens (tertiary/aromatic N) is 1. The summed E-state index contributed by atoms with van der Waals surface area (Å²) in [5.41, 5.74) is -0.249. The average molecular weight is 340 g/mol. The van der Waals surface area contributed by atoms with Gasteiger partial charge in [-0.15, -0.1) is 0 Å². The summed E-state index contributed by atoms with van der Waals surface area (Å²) in [6.45, 7) is 2.15. The molecule has 2 aliphatic heterocycles. The largest absolute Gasteiger partial charge is 0.337 e. The van der Waals surface area contributed by atoms with Gasteiger partial charge in [0.25, 0.3) is 0 Å². The molecule has 2 aliphatic carbocycles. The summed E-state index contributed by atoms with van der Waals surface area (Å²) < 4.78 is 24.9. The fourth-order valence-corrected chi connectivity index (χ4v) is 7.64. The van der Waals surface area contributed by atoms with Crippen molar-refractivity contribution < 1.29 is 13.2 Å². The van der Waals surface area contributed by atoms with Gasteiger partial charge in [0, 0.05) is 19.1 Å². The van der Waals surface area contributed by atoms with E-state index in [2.05, 4.69) is 5.32 Å². The van der Waals surface area contributed by atoms with Crippen molar-refractivity contribution in [2.75, 3.05) is 25.4 Å². The molecule has 1 N–H and O–H groups in total. The van der Waals surface area contributed by atoms with Crippen LogP contribution in [0.2, 0.25) is 0 Å². The Kier molecular flexibility index (Phi) is 3.95. The van der Waals surface area contributed by atoms with Crippen LogP contribution in [0.3, 0.4) is 0 Å². The number of nitrogens with one attached hydrogen (secondary N) is 1. The van der Waals surface area contributed by atoms with Gasteiger partial charge in [0.05, 0.1) is 16.4 Å². The molecular formula is C17H28N2O3S. The topological polar surface area (TPSA) is 66.5 Å². The molecule has 130 valence electrons. The maximum atomic E-state index is 13.5. The Morgan fingerprint density at radius 1 is 1.09 bits per heavy atom. The van der Waals surface area contributed by atoms with Crippen molar-refractivity contribution in [1.29, 1.82) is 0 Å². The highest BCUT2D eigenvalue weighted by molar-refractivity contribution is 7.92. The number of carbonyl (C=O) groups is 1. The lowest BCUT2D eigenvalue weighted by Gasteiger charge is -2.48. The lowest BCUT2D eigenvalue weighted by atomic mass is 9.67. The monoisotopic (exact) mass is 340 g/mol. The van der Waals surface area contributed by atoms with Gasteiger partial charge in [-0.1, -0.05) is 25.7 Å². The van der Waals surface area contributed by atoms with E-state index in [1.54, 1.807) is 0 Å². The summed E-state index contributed by atoms with van der Waals surface area (Å²) in [4.78, 5) is 15.5. The maximum Gasteiger partial charge on any atom is 0.230 e. The minimum absolute atomic E-state index is 0.0625. The molecule has 0 radical (unpaired) electrons. The fraction of sp³-hybridized carbons (Fsp3) is 0.941. The third-order valence-electron chi connectivity index (χ3n) is 6.87. The van der Waals surface area contributed by atoms with Gasteiger partial charge in [-0.05, 0) is 38.1 Å². The second kappa shape index (κ2) is 5.73. The van der Waals surface area contributed by atoms with Gasteiger partial charge in [0.2, 0.25) is 5.91 Å². The second-order valence-electron chi connectivity index (χ2n) is 7.99. The fourth-order valence-electron chi connectivity index (χ4n) is 5.60. The number of fused-ring (bicyclic) bond motifs is 2. The molecule has 5 nitrogen and oxygen atoms in total. The van der Waals surface area contributed by atoms with E-state index in [1.807, 2.05) is 4.90 Å². The van der Waals surface area contributed by atoms with Crippen molar-refractivity contribution in [3.05, 3.63) is 0 Å². The second-order valence-corrected chi connectivity index (χ2v) is 10.3. The molecule has 0 aromatic carbocycles. The molecule has 23 heavy (non-hydrogen) atoms. The third-order valence-corrected chi connectivity index (χ3v) is 9.09. The molecule has 2 heterocycles. The Morgan fingerprint density at radius 2 is 1.87 bits per heavy atom. The summed E-state index contributed by atoms with van der Waals surface area (Å²) in [5.74, 6) is 0.872. The molecule has 0 bridgehead atoms. The molecule has 2 unspecified atom stereocenters. The van der Waals surface area contributed by atoms with Crippen LogP contribution in [0.25, 0.3) is 0 Å². The van der Waals surface area contributed by atoms with Crippen LogP contribution < -0.4 is 5.32 Å². The Bertz CT molecular complexity index is 591. The first kappa shape index (κ1) is 15.9. The third kappa shape index (κ3) is 2.44. The van der Waals surface area contributed by atoms with Gasteiger partial charge in [0.15, 0.2) is 9.84 Å². The summed E-state index contributed by atoms with van der Waals surface area (Å²) in [6, 6.07) is -0.0625. The van der Waals surface area contributed by atoms with Crippen LogP contribution in [0, 0.1) is 11.3 Å². The van der Waals surface area contributed by atoms with E-state index in [9.17, 15) is 13.2 Å². The summed E-state index contributed by atoms with van der Waals surface area (Å²) in [6.07, 6.45) is 8.11. The first-order chi connectivity index (χ1) is 11.0. The highest BCUT2D eigenvalue weighted by atomic mass is 32.2. The zero-order valence-electron chi connectivity index (χ0n) is 13.8. The number of sulfone groups is 1. The molecule has 0 aromatic heterocycles. The van der Waals surface area contributed by atoms with Crippen LogP contribution in [0.1, 0.15) is 51.4 Å². The number of carbonyl (C=O) groups excluding carboxylic acids is 1. The standard InChI is InChI=1S/C17H28N2O3S/c20-16(17-8-4-3-5-13(17)11-18-12-17)19-9-10-23(21,22)15-7-2-1-6-14(15)19/h13-15,18H,1-12H2/t13-,14?,15?,17+/m0/s1. The highest BCUT2D eigenvalue weighted by Gasteiger charge is 2.54. The molecule has 2 saturated heterocycles. The zero-order valence-corrected chi connectivity index (χ0v) is 14.6. The van der Waals surface area contributed by atoms with Gasteiger partial charge in [-0.25, -0.2) is 8.42 Å². The van der Waals surface area contributed by atoms with Gasteiger partial charge < -0.3 is 10.2 Å². The van der Waals surface area contributed by atoms with Crippen LogP contribution in [-0.2, 0) is 14.6 Å². The van der Waals surface area contributed by atoms with Crippen molar-refractivity contribution in [2.24, 2.45) is 11.3 Å². The molecule has 4 aliphatic rings. The lowest BCUT2D eigenvalue weighted by molar-refractivity contribution is -0.148. The molecule has 1 amide bonds. The summed E-state index contributed by atoms with van der Waals surface area (Å²) >= 11 is 0. The Balaban J connectivity index is 1.63. The quantitative estimate of drug-likeness (QED) is 0.782. The Morgan fingerprint density at radius 3 is 2.74 bits per heavy atom. The van der Waals surface area contributed by atoms with Gasteiger partial charge in [-0.3, -0.25) is 4.79 Å². The number of hydrogen-bond acceptors (Lipinski definition) is 4. The van der Waals surface area contributed by atoms with Crippen molar-refractivity contribution in [1.82, 2.24) is 10.2 Å². The van der Waals surface area contributed by atoms with E-state index >= 15 is 0 Å². The lowest BCUT2D eigenvalue weighted by Crippen LogP contribution is -2.62. The minimum Gasteiger partial charge on any atom is -0.337 e. The Hall–Kier alpha value is -0.620. The maximum absolute atomic E-state index is 13.5. The molecule has 6 heteroatoms.